The van der Waals surface area contributed by atoms with E-state index in [9.17, 15) is 0 Å². The van der Waals surface area contributed by atoms with Crippen LogP contribution in [0.15, 0.2) is 0 Å². The minimum absolute atomic E-state index is 0.444. The summed E-state index contributed by atoms with van der Waals surface area (Å²) >= 11 is 0. The maximum atomic E-state index is 5.84. The molecule has 0 saturated carbocycles. The fraction of sp³-hybridized carbons (Fsp3) is 1.00. The molecule has 0 aromatic carbocycles. The van der Waals surface area contributed by atoms with Gasteiger partial charge in [-0.2, -0.15) is 0 Å². The summed E-state index contributed by atoms with van der Waals surface area (Å²) in [7, 11) is 0. The third kappa shape index (κ3) is 4.07. The third-order valence-corrected chi connectivity index (χ3v) is 3.12. The van der Waals surface area contributed by atoms with Crippen LogP contribution in [0.25, 0.3) is 0 Å². The van der Waals surface area contributed by atoms with E-state index in [-0.39, 0.29) is 0 Å². The normalized spacial score (nSPS) is 29.2. The molecule has 2 rings (SSSR count). The average molecular weight is 214 g/mol. The number of morpholine rings is 1. The second-order valence-electron chi connectivity index (χ2n) is 4.29. The lowest BCUT2D eigenvalue weighted by Crippen LogP contribution is -2.40. The van der Waals surface area contributed by atoms with Gasteiger partial charge in [-0.3, -0.25) is 4.90 Å². The average Bonchev–Trinajstić information content (AvgIpc) is 2.32. The first-order valence-corrected chi connectivity index (χ1v) is 6.07. The quantitative estimate of drug-likeness (QED) is 0.719. The zero-order valence-corrected chi connectivity index (χ0v) is 9.41. The molecule has 0 aromatic rings. The molecule has 2 saturated heterocycles. The highest BCUT2D eigenvalue weighted by Crippen LogP contribution is 2.06. The summed E-state index contributed by atoms with van der Waals surface area (Å²) in [5, 5.41) is 3.36. The Balaban J connectivity index is 1.53. The van der Waals surface area contributed by atoms with Gasteiger partial charge in [0.15, 0.2) is 0 Å². The van der Waals surface area contributed by atoms with Gasteiger partial charge in [0.05, 0.1) is 25.9 Å². The predicted octanol–water partition coefficient (Wildman–Crippen LogP) is 0.0872. The Labute approximate surface area is 91.9 Å². The zero-order chi connectivity index (χ0) is 10.3. The molecule has 4 heteroatoms. The lowest BCUT2D eigenvalue weighted by molar-refractivity contribution is -0.00418. The fourth-order valence-corrected chi connectivity index (χ4v) is 2.14. The maximum absolute atomic E-state index is 5.84. The van der Waals surface area contributed by atoms with Crippen LogP contribution in [-0.2, 0) is 9.47 Å². The molecule has 1 atom stereocenters. The molecular weight excluding hydrogens is 192 g/mol. The van der Waals surface area contributed by atoms with Gasteiger partial charge in [0.1, 0.15) is 0 Å². The predicted molar refractivity (Wildman–Crippen MR) is 59.1 cm³/mol. The first kappa shape index (κ1) is 11.3. The molecular formula is C11H22N2O2. The highest BCUT2D eigenvalue weighted by atomic mass is 16.5. The second kappa shape index (κ2) is 6.43. The van der Waals surface area contributed by atoms with Crippen molar-refractivity contribution in [1.29, 1.82) is 0 Å². The van der Waals surface area contributed by atoms with E-state index in [1.165, 1.54) is 12.8 Å². The first-order valence-electron chi connectivity index (χ1n) is 6.07. The van der Waals surface area contributed by atoms with Crippen LogP contribution in [0.5, 0.6) is 0 Å². The third-order valence-electron chi connectivity index (χ3n) is 3.12. The van der Waals surface area contributed by atoms with E-state index >= 15 is 0 Å². The van der Waals surface area contributed by atoms with E-state index in [0.29, 0.717) is 6.10 Å². The molecule has 1 N–H and O–H groups in total. The summed E-state index contributed by atoms with van der Waals surface area (Å²) in [4.78, 5) is 2.42. The van der Waals surface area contributed by atoms with Crippen molar-refractivity contribution in [2.45, 2.75) is 18.9 Å². The maximum Gasteiger partial charge on any atom is 0.0700 e. The van der Waals surface area contributed by atoms with Gasteiger partial charge in [-0.1, -0.05) is 0 Å². The summed E-state index contributed by atoms with van der Waals surface area (Å²) in [6, 6.07) is 0. The van der Waals surface area contributed by atoms with Crippen molar-refractivity contribution in [3.63, 3.8) is 0 Å². The molecule has 1 unspecified atom stereocenters. The van der Waals surface area contributed by atoms with Gasteiger partial charge in [-0.25, -0.2) is 0 Å². The van der Waals surface area contributed by atoms with Crippen LogP contribution >= 0.6 is 0 Å². The van der Waals surface area contributed by atoms with E-state index in [2.05, 4.69) is 10.2 Å². The highest BCUT2D eigenvalue weighted by Gasteiger charge is 2.14. The number of piperidine rings is 1. The SMILES string of the molecule is C1CNCC(OCCN2CCOCC2)C1. The molecule has 4 nitrogen and oxygen atoms in total. The van der Waals surface area contributed by atoms with E-state index in [1.54, 1.807) is 0 Å². The molecule has 0 spiro atoms. The Hall–Kier alpha value is -0.160. The monoisotopic (exact) mass is 214 g/mol. The molecule has 2 heterocycles. The summed E-state index contributed by atoms with van der Waals surface area (Å²) in [5.41, 5.74) is 0. The summed E-state index contributed by atoms with van der Waals surface area (Å²) in [6.07, 6.45) is 2.91. The van der Waals surface area contributed by atoms with Crippen LogP contribution < -0.4 is 5.32 Å². The second-order valence-corrected chi connectivity index (χ2v) is 4.29. The van der Waals surface area contributed by atoms with E-state index in [1.807, 2.05) is 0 Å². The molecule has 0 aromatic heterocycles. The van der Waals surface area contributed by atoms with Gasteiger partial charge in [-0.05, 0) is 19.4 Å². The van der Waals surface area contributed by atoms with Crippen LogP contribution in [0, 0.1) is 0 Å². The van der Waals surface area contributed by atoms with Crippen LogP contribution in [0.1, 0.15) is 12.8 Å². The van der Waals surface area contributed by atoms with Gasteiger partial charge in [-0.15, -0.1) is 0 Å². The van der Waals surface area contributed by atoms with Crippen LogP contribution in [0.4, 0.5) is 0 Å². The fourth-order valence-electron chi connectivity index (χ4n) is 2.14. The van der Waals surface area contributed by atoms with Crippen LogP contribution in [-0.4, -0.2) is 63.5 Å². The van der Waals surface area contributed by atoms with Gasteiger partial charge in [0, 0.05) is 26.2 Å². The Morgan fingerprint density at radius 3 is 2.93 bits per heavy atom. The van der Waals surface area contributed by atoms with Crippen molar-refractivity contribution >= 4 is 0 Å². The van der Waals surface area contributed by atoms with Gasteiger partial charge in [0.25, 0.3) is 0 Å². The lowest BCUT2D eigenvalue weighted by Gasteiger charge is -2.28. The van der Waals surface area contributed by atoms with E-state index in [4.69, 9.17) is 9.47 Å². The number of hydrogen-bond acceptors (Lipinski definition) is 4. The van der Waals surface area contributed by atoms with Crippen molar-refractivity contribution in [3.8, 4) is 0 Å². The Kier molecular flexibility index (Phi) is 4.86. The summed E-state index contributed by atoms with van der Waals surface area (Å²) in [5.74, 6) is 0. The molecule has 2 aliphatic rings. The molecule has 0 aliphatic carbocycles. The highest BCUT2D eigenvalue weighted by molar-refractivity contribution is 4.69. The first-order chi connectivity index (χ1) is 7.45. The number of rotatable bonds is 4. The van der Waals surface area contributed by atoms with E-state index in [0.717, 1.165) is 52.5 Å². The van der Waals surface area contributed by atoms with Crippen molar-refractivity contribution in [2.75, 3.05) is 52.5 Å². The Morgan fingerprint density at radius 1 is 1.33 bits per heavy atom. The van der Waals surface area contributed by atoms with Crippen molar-refractivity contribution in [2.24, 2.45) is 0 Å². The minimum atomic E-state index is 0.444. The largest absolute Gasteiger partial charge is 0.379 e. The molecule has 2 aliphatic heterocycles. The molecule has 0 amide bonds. The van der Waals surface area contributed by atoms with Gasteiger partial charge in [0.2, 0.25) is 0 Å². The van der Waals surface area contributed by atoms with Crippen molar-refractivity contribution < 1.29 is 9.47 Å². The number of hydrogen-bond donors (Lipinski definition) is 1. The number of nitrogens with zero attached hydrogens (tertiary/aromatic N) is 1. The standard InChI is InChI=1S/C11H22N2O2/c1-2-11(10-12-3-1)15-9-6-13-4-7-14-8-5-13/h11-12H,1-10H2. The molecule has 0 radical (unpaired) electrons. The number of nitrogens with one attached hydrogen (secondary N) is 1. The Morgan fingerprint density at radius 2 is 2.20 bits per heavy atom. The zero-order valence-electron chi connectivity index (χ0n) is 9.41. The lowest BCUT2D eigenvalue weighted by atomic mass is 10.1. The van der Waals surface area contributed by atoms with Crippen molar-refractivity contribution in [1.82, 2.24) is 10.2 Å². The molecule has 2 fully saturated rings. The van der Waals surface area contributed by atoms with Gasteiger partial charge < -0.3 is 14.8 Å². The summed E-state index contributed by atoms with van der Waals surface area (Å²) in [6.45, 7) is 7.99. The van der Waals surface area contributed by atoms with Gasteiger partial charge >= 0.3 is 0 Å². The minimum Gasteiger partial charge on any atom is -0.379 e. The smallest absolute Gasteiger partial charge is 0.0700 e. The van der Waals surface area contributed by atoms with Crippen LogP contribution in [0.3, 0.4) is 0 Å². The summed E-state index contributed by atoms with van der Waals surface area (Å²) < 4.78 is 11.1. The molecule has 15 heavy (non-hydrogen) atoms. The molecule has 0 bridgehead atoms. The number of ether oxygens (including phenoxy) is 2. The topological polar surface area (TPSA) is 33.7 Å². The molecule has 88 valence electrons. The van der Waals surface area contributed by atoms with Crippen molar-refractivity contribution in [3.05, 3.63) is 0 Å². The van der Waals surface area contributed by atoms with E-state index < -0.39 is 0 Å². The Bertz CT molecular complexity index is 148. The van der Waals surface area contributed by atoms with Crippen LogP contribution in [0.2, 0.25) is 0 Å².